The second-order valence-corrected chi connectivity index (χ2v) is 6.16. The molecule has 1 amide bonds. The van der Waals surface area contributed by atoms with Gasteiger partial charge in [0.15, 0.2) is 5.82 Å². The van der Waals surface area contributed by atoms with Crippen LogP contribution >= 0.6 is 23.2 Å². The van der Waals surface area contributed by atoms with Crippen molar-refractivity contribution in [3.05, 3.63) is 45.5 Å². The lowest BCUT2D eigenvalue weighted by Crippen LogP contribution is -2.39. The second kappa shape index (κ2) is 6.26. The van der Waals surface area contributed by atoms with Crippen LogP contribution < -0.4 is 0 Å². The summed E-state index contributed by atoms with van der Waals surface area (Å²) in [6, 6.07) is 5.09. The second-order valence-electron chi connectivity index (χ2n) is 5.37. The number of benzene rings is 1. The van der Waals surface area contributed by atoms with Gasteiger partial charge in [0.1, 0.15) is 0 Å². The van der Waals surface area contributed by atoms with Gasteiger partial charge in [0.2, 0.25) is 5.89 Å². The number of carbonyl (C=O) groups excluding carboxylic acids is 1. The maximum absolute atomic E-state index is 12.7. The average molecular weight is 340 g/mol. The van der Waals surface area contributed by atoms with E-state index in [9.17, 15) is 4.79 Å². The summed E-state index contributed by atoms with van der Waals surface area (Å²) in [6.45, 7) is 3.01. The molecule has 1 fully saturated rings. The summed E-state index contributed by atoms with van der Waals surface area (Å²) in [5.74, 6) is 1.15. The molecule has 0 bridgehead atoms. The minimum atomic E-state index is -0.117. The van der Waals surface area contributed by atoms with Gasteiger partial charge in [-0.3, -0.25) is 4.79 Å². The molecule has 0 radical (unpaired) electrons. The Balaban J connectivity index is 1.79. The van der Waals surface area contributed by atoms with Gasteiger partial charge in [-0.1, -0.05) is 34.4 Å². The number of hydrogen-bond donors (Lipinski definition) is 0. The first kappa shape index (κ1) is 15.3. The molecule has 3 rings (SSSR count). The number of aromatic nitrogens is 2. The summed E-state index contributed by atoms with van der Waals surface area (Å²) in [5, 5.41) is 4.50. The zero-order valence-electron chi connectivity index (χ0n) is 12.1. The van der Waals surface area contributed by atoms with Crippen molar-refractivity contribution in [3.63, 3.8) is 0 Å². The van der Waals surface area contributed by atoms with Crippen LogP contribution in [0.3, 0.4) is 0 Å². The van der Waals surface area contributed by atoms with Crippen LogP contribution in [0.15, 0.2) is 22.7 Å². The fourth-order valence-corrected chi connectivity index (χ4v) is 3.06. The number of piperidine rings is 1. The van der Waals surface area contributed by atoms with Crippen molar-refractivity contribution in [2.75, 3.05) is 13.1 Å². The van der Waals surface area contributed by atoms with Crippen LogP contribution in [-0.2, 0) is 0 Å². The quantitative estimate of drug-likeness (QED) is 0.836. The van der Waals surface area contributed by atoms with Crippen molar-refractivity contribution in [1.29, 1.82) is 0 Å². The van der Waals surface area contributed by atoms with Crippen molar-refractivity contribution >= 4 is 29.1 Å². The number of likely N-dealkylation sites (tertiary alicyclic amines) is 1. The van der Waals surface area contributed by atoms with E-state index < -0.39 is 0 Å². The molecule has 2 heterocycles. The first-order chi connectivity index (χ1) is 10.6. The first-order valence-corrected chi connectivity index (χ1v) is 7.85. The van der Waals surface area contributed by atoms with Gasteiger partial charge in [-0.05, 0) is 31.9 Å². The fourth-order valence-electron chi connectivity index (χ4n) is 2.68. The van der Waals surface area contributed by atoms with Gasteiger partial charge >= 0.3 is 0 Å². The predicted octanol–water partition coefficient (Wildman–Crippen LogP) is 3.70. The van der Waals surface area contributed by atoms with Crippen LogP contribution in [0.2, 0.25) is 10.0 Å². The van der Waals surface area contributed by atoms with Crippen LogP contribution in [0.5, 0.6) is 0 Å². The summed E-state index contributed by atoms with van der Waals surface area (Å²) in [7, 11) is 0. The molecule has 0 unspecified atom stereocenters. The predicted molar refractivity (Wildman–Crippen MR) is 83.4 cm³/mol. The van der Waals surface area contributed by atoms with E-state index in [0.29, 0.717) is 40.4 Å². The number of nitrogens with zero attached hydrogens (tertiary/aromatic N) is 3. The van der Waals surface area contributed by atoms with E-state index in [4.69, 9.17) is 27.7 Å². The first-order valence-electron chi connectivity index (χ1n) is 7.09. The average Bonchev–Trinajstić information content (AvgIpc) is 2.96. The van der Waals surface area contributed by atoms with E-state index in [1.165, 1.54) is 0 Å². The summed E-state index contributed by atoms with van der Waals surface area (Å²) < 4.78 is 5.23. The molecule has 0 N–H and O–H groups in total. The molecule has 0 aliphatic carbocycles. The largest absolute Gasteiger partial charge is 0.339 e. The fraction of sp³-hybridized carbons (Fsp3) is 0.400. The highest BCUT2D eigenvalue weighted by Crippen LogP contribution is 2.30. The zero-order valence-corrected chi connectivity index (χ0v) is 13.6. The number of aryl methyl sites for hydroxylation is 1. The SMILES string of the molecule is Cc1noc([C@H]2CCCN(C(=O)c3cccc(Cl)c3Cl)C2)n1. The Hall–Kier alpha value is -1.59. The summed E-state index contributed by atoms with van der Waals surface area (Å²) in [5.41, 5.74) is 0.427. The van der Waals surface area contributed by atoms with E-state index in [-0.39, 0.29) is 11.8 Å². The van der Waals surface area contributed by atoms with Crippen molar-refractivity contribution in [1.82, 2.24) is 15.0 Å². The number of carbonyl (C=O) groups is 1. The van der Waals surface area contributed by atoms with Gasteiger partial charge in [-0.2, -0.15) is 4.98 Å². The number of amides is 1. The minimum Gasteiger partial charge on any atom is -0.339 e. The maximum atomic E-state index is 12.7. The third kappa shape index (κ3) is 2.96. The van der Waals surface area contributed by atoms with Gasteiger partial charge in [0.25, 0.3) is 5.91 Å². The molecule has 2 aromatic rings. The van der Waals surface area contributed by atoms with E-state index >= 15 is 0 Å². The Morgan fingerprint density at radius 2 is 2.23 bits per heavy atom. The molecule has 116 valence electrons. The lowest BCUT2D eigenvalue weighted by atomic mass is 9.97. The molecule has 5 nitrogen and oxygen atoms in total. The molecule has 0 saturated carbocycles. The van der Waals surface area contributed by atoms with Crippen LogP contribution in [0.1, 0.15) is 40.8 Å². The number of rotatable bonds is 2. The molecule has 7 heteroatoms. The standard InChI is InChI=1S/C15H15Cl2N3O2/c1-9-18-14(22-19-9)10-4-3-7-20(8-10)15(21)11-5-2-6-12(16)13(11)17/h2,5-6,10H,3-4,7-8H2,1H3/t10-/m0/s1. The Bertz CT molecular complexity index is 702. The minimum absolute atomic E-state index is 0.0665. The van der Waals surface area contributed by atoms with Crippen LogP contribution in [-0.4, -0.2) is 34.0 Å². The summed E-state index contributed by atoms with van der Waals surface area (Å²) >= 11 is 12.1. The van der Waals surface area contributed by atoms with Gasteiger partial charge in [-0.15, -0.1) is 0 Å². The van der Waals surface area contributed by atoms with Gasteiger partial charge in [-0.25, -0.2) is 0 Å². The lowest BCUT2D eigenvalue weighted by Gasteiger charge is -2.31. The van der Waals surface area contributed by atoms with Crippen molar-refractivity contribution in [2.24, 2.45) is 0 Å². The number of hydrogen-bond acceptors (Lipinski definition) is 4. The molecule has 0 spiro atoms. The third-order valence-electron chi connectivity index (χ3n) is 3.78. The van der Waals surface area contributed by atoms with Crippen LogP contribution in [0.4, 0.5) is 0 Å². The Kier molecular flexibility index (Phi) is 4.36. The third-order valence-corrected chi connectivity index (χ3v) is 4.60. The number of halogens is 2. The lowest BCUT2D eigenvalue weighted by molar-refractivity contribution is 0.0696. The topological polar surface area (TPSA) is 59.2 Å². The van der Waals surface area contributed by atoms with E-state index in [1.54, 1.807) is 30.0 Å². The Morgan fingerprint density at radius 1 is 1.41 bits per heavy atom. The molecular weight excluding hydrogens is 325 g/mol. The molecule has 1 saturated heterocycles. The summed E-state index contributed by atoms with van der Waals surface area (Å²) in [6.07, 6.45) is 1.81. The molecule has 1 aromatic heterocycles. The highest BCUT2D eigenvalue weighted by Gasteiger charge is 2.29. The Morgan fingerprint density at radius 3 is 2.95 bits per heavy atom. The molecular formula is C15H15Cl2N3O2. The monoisotopic (exact) mass is 339 g/mol. The van der Waals surface area contributed by atoms with Crippen LogP contribution in [0.25, 0.3) is 0 Å². The van der Waals surface area contributed by atoms with E-state index in [1.807, 2.05) is 0 Å². The van der Waals surface area contributed by atoms with Crippen molar-refractivity contribution < 1.29 is 9.32 Å². The van der Waals surface area contributed by atoms with Gasteiger partial charge in [0, 0.05) is 13.1 Å². The van der Waals surface area contributed by atoms with E-state index in [0.717, 1.165) is 12.8 Å². The highest BCUT2D eigenvalue weighted by atomic mass is 35.5. The molecule has 1 aliphatic rings. The molecule has 1 aliphatic heterocycles. The van der Waals surface area contributed by atoms with Crippen molar-refractivity contribution in [2.45, 2.75) is 25.7 Å². The van der Waals surface area contributed by atoms with Gasteiger partial charge in [0.05, 0.1) is 21.5 Å². The summed E-state index contributed by atoms with van der Waals surface area (Å²) in [4.78, 5) is 18.7. The zero-order chi connectivity index (χ0) is 15.7. The Labute approximate surface area is 138 Å². The normalized spacial score (nSPS) is 18.5. The van der Waals surface area contributed by atoms with Gasteiger partial charge < -0.3 is 9.42 Å². The molecule has 1 atom stereocenters. The van der Waals surface area contributed by atoms with E-state index in [2.05, 4.69) is 10.1 Å². The highest BCUT2D eigenvalue weighted by molar-refractivity contribution is 6.43. The van der Waals surface area contributed by atoms with Crippen LogP contribution in [0, 0.1) is 6.92 Å². The van der Waals surface area contributed by atoms with Crippen molar-refractivity contribution in [3.8, 4) is 0 Å². The smallest absolute Gasteiger partial charge is 0.255 e. The maximum Gasteiger partial charge on any atom is 0.255 e. The molecule has 22 heavy (non-hydrogen) atoms. The molecule has 1 aromatic carbocycles.